The van der Waals surface area contributed by atoms with Crippen molar-refractivity contribution in [3.8, 4) is 0 Å². The third-order valence-electron chi connectivity index (χ3n) is 3.37. The van der Waals surface area contributed by atoms with Crippen molar-refractivity contribution in [2.75, 3.05) is 0 Å². The van der Waals surface area contributed by atoms with E-state index in [4.69, 9.17) is 10.2 Å². The van der Waals surface area contributed by atoms with Gasteiger partial charge in [0, 0.05) is 10.8 Å². The molecule has 0 amide bonds. The lowest BCUT2D eigenvalue weighted by Crippen LogP contribution is -2.22. The minimum Gasteiger partial charge on any atom is -0.478 e. The van der Waals surface area contributed by atoms with Crippen LogP contribution in [0.15, 0.2) is 23.3 Å². The molecule has 0 aromatic rings. The maximum Gasteiger partial charge on any atom is 0.333 e. The maximum absolute atomic E-state index is 11.1. The summed E-state index contributed by atoms with van der Waals surface area (Å²) in [7, 11) is 0. The number of hydrogen-bond acceptors (Lipinski definition) is 2. The van der Waals surface area contributed by atoms with Gasteiger partial charge in [-0.2, -0.15) is 0 Å². The van der Waals surface area contributed by atoms with Crippen LogP contribution in [-0.4, -0.2) is 22.2 Å². The molecule has 2 atom stereocenters. The predicted octanol–water partition coefficient (Wildman–Crippen LogP) is 1.44. The van der Waals surface area contributed by atoms with Crippen molar-refractivity contribution in [3.05, 3.63) is 23.3 Å². The fourth-order valence-electron chi connectivity index (χ4n) is 2.87. The van der Waals surface area contributed by atoms with Gasteiger partial charge in [-0.15, -0.1) is 0 Å². The maximum atomic E-state index is 11.1. The Bertz CT molecular complexity index is 394. The van der Waals surface area contributed by atoms with E-state index >= 15 is 0 Å². The van der Waals surface area contributed by atoms with Gasteiger partial charge in [0.25, 0.3) is 0 Å². The molecule has 80 valence electrons. The zero-order valence-corrected chi connectivity index (χ0v) is 8.57. The first kappa shape index (κ1) is 9.96. The molecule has 0 radical (unpaired) electrons. The van der Waals surface area contributed by atoms with E-state index in [9.17, 15) is 9.59 Å². The molecule has 0 saturated heterocycles. The Balaban J connectivity index is 2.68. The van der Waals surface area contributed by atoms with Crippen molar-refractivity contribution in [1.82, 2.24) is 0 Å². The minimum absolute atomic E-state index is 0.0417. The Labute approximate surface area is 86.9 Å². The van der Waals surface area contributed by atoms with Crippen LogP contribution in [0.4, 0.5) is 0 Å². The van der Waals surface area contributed by atoms with E-state index in [0.29, 0.717) is 6.42 Å². The molecule has 4 heteroatoms. The lowest BCUT2D eigenvalue weighted by Gasteiger charge is -2.20. The van der Waals surface area contributed by atoms with Gasteiger partial charge in [0.15, 0.2) is 0 Å². The van der Waals surface area contributed by atoms with Crippen LogP contribution in [0.25, 0.3) is 0 Å². The van der Waals surface area contributed by atoms with Crippen molar-refractivity contribution in [3.63, 3.8) is 0 Å². The highest BCUT2D eigenvalue weighted by molar-refractivity contribution is 6.03. The number of aliphatic carboxylic acids is 2. The molecule has 2 rings (SSSR count). The molecule has 0 fully saturated rings. The van der Waals surface area contributed by atoms with Gasteiger partial charge >= 0.3 is 11.9 Å². The molecular formula is C11H12O4. The summed E-state index contributed by atoms with van der Waals surface area (Å²) in [4.78, 5) is 22.2. The third kappa shape index (κ3) is 1.07. The summed E-state index contributed by atoms with van der Waals surface area (Å²) in [6, 6.07) is 0. The van der Waals surface area contributed by atoms with Gasteiger partial charge in [-0.1, -0.05) is 26.0 Å². The zero-order chi connectivity index (χ0) is 11.4. The summed E-state index contributed by atoms with van der Waals surface area (Å²) in [6.45, 7) is 3.54. The normalized spacial score (nSPS) is 37.5. The van der Waals surface area contributed by atoms with E-state index in [2.05, 4.69) is 0 Å². The van der Waals surface area contributed by atoms with Crippen LogP contribution in [0.5, 0.6) is 0 Å². The van der Waals surface area contributed by atoms with Crippen molar-refractivity contribution in [1.29, 1.82) is 0 Å². The molecule has 2 unspecified atom stereocenters. The van der Waals surface area contributed by atoms with Gasteiger partial charge in [0.1, 0.15) is 0 Å². The highest BCUT2D eigenvalue weighted by Gasteiger charge is 2.55. The van der Waals surface area contributed by atoms with Crippen LogP contribution in [0, 0.1) is 10.8 Å². The van der Waals surface area contributed by atoms with Crippen LogP contribution >= 0.6 is 0 Å². The average Bonchev–Trinajstić information content (AvgIpc) is 2.49. The second-order valence-electron chi connectivity index (χ2n) is 4.71. The van der Waals surface area contributed by atoms with Gasteiger partial charge in [-0.05, 0) is 6.42 Å². The van der Waals surface area contributed by atoms with Gasteiger partial charge in [-0.3, -0.25) is 0 Å². The summed E-state index contributed by atoms with van der Waals surface area (Å²) in [5.41, 5.74) is -1.15. The Morgan fingerprint density at radius 2 is 1.40 bits per heavy atom. The molecule has 2 aliphatic rings. The average molecular weight is 208 g/mol. The first-order valence-corrected chi connectivity index (χ1v) is 4.72. The van der Waals surface area contributed by atoms with E-state index in [1.807, 2.05) is 12.2 Å². The fourth-order valence-corrected chi connectivity index (χ4v) is 2.87. The van der Waals surface area contributed by atoms with E-state index in [0.717, 1.165) is 0 Å². The van der Waals surface area contributed by atoms with Gasteiger partial charge < -0.3 is 10.2 Å². The van der Waals surface area contributed by atoms with E-state index in [-0.39, 0.29) is 11.1 Å². The quantitative estimate of drug-likeness (QED) is 0.673. The molecular weight excluding hydrogens is 196 g/mol. The third-order valence-corrected chi connectivity index (χ3v) is 3.37. The molecule has 2 aliphatic carbocycles. The van der Waals surface area contributed by atoms with E-state index in [1.54, 1.807) is 13.8 Å². The lowest BCUT2D eigenvalue weighted by molar-refractivity contribution is -0.136. The summed E-state index contributed by atoms with van der Waals surface area (Å²) < 4.78 is 0. The summed E-state index contributed by atoms with van der Waals surface area (Å²) >= 11 is 0. The summed E-state index contributed by atoms with van der Waals surface area (Å²) in [5.74, 6) is -2.24. The topological polar surface area (TPSA) is 74.6 Å². The summed E-state index contributed by atoms with van der Waals surface area (Å²) in [6.07, 6.45) is 4.16. The Morgan fingerprint density at radius 1 is 1.07 bits per heavy atom. The number of fused-ring (bicyclic) bond motifs is 2. The Kier molecular flexibility index (Phi) is 1.66. The number of hydrogen-bond donors (Lipinski definition) is 2. The Hall–Kier alpha value is -1.58. The van der Waals surface area contributed by atoms with Crippen LogP contribution < -0.4 is 0 Å². The number of carboxylic acid groups (broad SMARTS) is 2. The largest absolute Gasteiger partial charge is 0.478 e. The van der Waals surface area contributed by atoms with Gasteiger partial charge in [0.2, 0.25) is 0 Å². The second kappa shape index (κ2) is 2.51. The number of rotatable bonds is 2. The molecule has 0 heterocycles. The van der Waals surface area contributed by atoms with Crippen LogP contribution in [0.3, 0.4) is 0 Å². The van der Waals surface area contributed by atoms with Crippen LogP contribution in [0.2, 0.25) is 0 Å². The molecule has 0 aromatic heterocycles. The molecule has 2 N–H and O–H groups in total. The van der Waals surface area contributed by atoms with Crippen molar-refractivity contribution in [2.24, 2.45) is 10.8 Å². The molecule has 0 aliphatic heterocycles. The molecule has 0 saturated carbocycles. The summed E-state index contributed by atoms with van der Waals surface area (Å²) in [5, 5.41) is 18.2. The first-order valence-electron chi connectivity index (χ1n) is 4.72. The molecule has 15 heavy (non-hydrogen) atoms. The van der Waals surface area contributed by atoms with Crippen LogP contribution in [-0.2, 0) is 9.59 Å². The second-order valence-corrected chi connectivity index (χ2v) is 4.71. The number of carbonyl (C=O) groups is 2. The van der Waals surface area contributed by atoms with Crippen molar-refractivity contribution >= 4 is 11.9 Å². The number of allylic oxidation sites excluding steroid dienone is 2. The highest BCUT2D eigenvalue weighted by atomic mass is 16.4. The SMILES string of the molecule is CC12C=CC(C)(C1)C(C(=O)O)=C2C(=O)O. The predicted molar refractivity (Wildman–Crippen MR) is 52.3 cm³/mol. The molecule has 0 aromatic carbocycles. The first-order chi connectivity index (χ1) is 6.80. The number of carboxylic acids is 2. The molecule has 0 spiro atoms. The zero-order valence-electron chi connectivity index (χ0n) is 8.57. The standard InChI is InChI=1S/C11H12O4/c1-10-3-4-11(2,5-10)7(9(14)15)6(10)8(12)13/h3-4H,5H2,1-2H3,(H,12,13)(H,14,15). The molecule has 2 bridgehead atoms. The Morgan fingerprint density at radius 3 is 1.67 bits per heavy atom. The molecule has 4 nitrogen and oxygen atoms in total. The minimum atomic E-state index is -1.12. The van der Waals surface area contributed by atoms with Gasteiger partial charge in [0.05, 0.1) is 11.1 Å². The van der Waals surface area contributed by atoms with E-state index in [1.165, 1.54) is 0 Å². The van der Waals surface area contributed by atoms with Gasteiger partial charge in [-0.25, -0.2) is 9.59 Å². The van der Waals surface area contributed by atoms with E-state index < -0.39 is 22.8 Å². The lowest BCUT2D eigenvalue weighted by atomic mass is 9.83. The van der Waals surface area contributed by atoms with Crippen molar-refractivity contribution < 1.29 is 19.8 Å². The smallest absolute Gasteiger partial charge is 0.333 e. The van der Waals surface area contributed by atoms with Crippen LogP contribution in [0.1, 0.15) is 20.3 Å². The monoisotopic (exact) mass is 208 g/mol. The van der Waals surface area contributed by atoms with Crippen molar-refractivity contribution in [2.45, 2.75) is 20.3 Å². The highest BCUT2D eigenvalue weighted by Crippen LogP contribution is 2.59. The fraction of sp³-hybridized carbons (Fsp3) is 0.455.